The Morgan fingerprint density at radius 1 is 1.25 bits per heavy atom. The molecule has 0 saturated heterocycles. The number of hydrogen-bond acceptors (Lipinski definition) is 7. The van der Waals surface area contributed by atoms with Crippen molar-refractivity contribution in [2.45, 2.75) is 40.7 Å². The highest BCUT2D eigenvalue weighted by molar-refractivity contribution is 5.62. The van der Waals surface area contributed by atoms with Gasteiger partial charge in [0.05, 0.1) is 4.92 Å². The number of hydrazine groups is 1. The van der Waals surface area contributed by atoms with Crippen LogP contribution < -0.4 is 16.6 Å². The molecule has 2 rings (SSSR count). The maximum atomic E-state index is 11.2. The number of anilines is 2. The smallest absolute Gasteiger partial charge is 0.332 e. The van der Waals surface area contributed by atoms with Gasteiger partial charge in [0.2, 0.25) is 11.8 Å². The third kappa shape index (κ3) is 1.96. The largest absolute Gasteiger partial charge is 0.360 e. The molecule has 20 heavy (non-hydrogen) atoms. The number of nitrogen functional groups attached to an aromatic ring is 1. The van der Waals surface area contributed by atoms with Crippen molar-refractivity contribution in [3.8, 4) is 0 Å². The van der Waals surface area contributed by atoms with Gasteiger partial charge in [-0.25, -0.2) is 10.8 Å². The fourth-order valence-electron chi connectivity index (χ4n) is 2.64. The Morgan fingerprint density at radius 2 is 1.80 bits per heavy atom. The third-order valence-electron chi connectivity index (χ3n) is 4.67. The summed E-state index contributed by atoms with van der Waals surface area (Å²) in [7, 11) is 0. The minimum Gasteiger partial charge on any atom is -0.360 e. The highest BCUT2D eigenvalue weighted by atomic mass is 16.6. The van der Waals surface area contributed by atoms with E-state index in [-0.39, 0.29) is 40.0 Å². The Hall–Kier alpha value is -1.96. The molecule has 110 valence electrons. The Balaban J connectivity index is 2.41. The van der Waals surface area contributed by atoms with Crippen molar-refractivity contribution in [2.24, 2.45) is 16.7 Å². The van der Waals surface area contributed by atoms with Crippen molar-refractivity contribution in [3.63, 3.8) is 0 Å². The first-order valence-electron chi connectivity index (χ1n) is 6.39. The quantitative estimate of drug-likeness (QED) is 0.437. The highest BCUT2D eigenvalue weighted by Crippen LogP contribution is 2.63. The molecule has 1 heterocycles. The van der Waals surface area contributed by atoms with Crippen LogP contribution in [0, 0.1) is 27.9 Å². The van der Waals surface area contributed by atoms with Crippen molar-refractivity contribution >= 4 is 17.5 Å². The van der Waals surface area contributed by atoms with E-state index in [1.165, 1.54) is 0 Å². The van der Waals surface area contributed by atoms with Crippen molar-refractivity contribution in [2.75, 3.05) is 10.7 Å². The second kappa shape index (κ2) is 4.27. The van der Waals surface area contributed by atoms with Gasteiger partial charge in [0.15, 0.2) is 0 Å². The summed E-state index contributed by atoms with van der Waals surface area (Å²) in [5.41, 5.74) is 2.57. The number of nitrogens with two attached hydrogens (primary N) is 1. The monoisotopic (exact) mass is 280 g/mol. The summed E-state index contributed by atoms with van der Waals surface area (Å²) < 4.78 is 0. The molecular formula is C12H20N6O2. The van der Waals surface area contributed by atoms with E-state index in [9.17, 15) is 10.1 Å². The average molecular weight is 280 g/mol. The first-order chi connectivity index (χ1) is 9.12. The highest BCUT2D eigenvalue weighted by Gasteiger charge is 2.65. The van der Waals surface area contributed by atoms with Gasteiger partial charge < -0.3 is 5.32 Å². The van der Waals surface area contributed by atoms with Crippen LogP contribution >= 0.6 is 0 Å². The first-order valence-corrected chi connectivity index (χ1v) is 6.39. The molecular weight excluding hydrogens is 260 g/mol. The zero-order valence-electron chi connectivity index (χ0n) is 12.3. The molecule has 0 spiro atoms. The van der Waals surface area contributed by atoms with Crippen LogP contribution in [0.2, 0.25) is 0 Å². The van der Waals surface area contributed by atoms with Gasteiger partial charge in [-0.3, -0.25) is 15.5 Å². The predicted molar refractivity (Wildman–Crippen MR) is 76.2 cm³/mol. The van der Waals surface area contributed by atoms with E-state index in [4.69, 9.17) is 5.84 Å². The molecule has 8 heteroatoms. The van der Waals surface area contributed by atoms with Crippen LogP contribution in [0.25, 0.3) is 0 Å². The number of nitro groups is 1. The molecule has 8 nitrogen and oxygen atoms in total. The second-order valence-electron chi connectivity index (χ2n) is 6.25. The summed E-state index contributed by atoms with van der Waals surface area (Å²) >= 11 is 0. The molecule has 1 aliphatic rings. The van der Waals surface area contributed by atoms with E-state index in [1.54, 1.807) is 6.92 Å². The molecule has 1 aromatic rings. The number of rotatable bonds is 4. The molecule has 0 bridgehead atoms. The molecule has 1 aromatic heterocycles. The van der Waals surface area contributed by atoms with E-state index in [0.717, 1.165) is 0 Å². The number of aryl methyl sites for hydroxylation is 1. The Morgan fingerprint density at radius 3 is 2.20 bits per heavy atom. The zero-order chi connectivity index (χ0) is 15.3. The number of nitrogens with zero attached hydrogens (tertiary/aromatic N) is 3. The second-order valence-corrected chi connectivity index (χ2v) is 6.25. The number of aromatic nitrogens is 2. The van der Waals surface area contributed by atoms with Crippen molar-refractivity contribution in [1.82, 2.24) is 9.97 Å². The summed E-state index contributed by atoms with van der Waals surface area (Å²) in [5.74, 6) is 5.66. The van der Waals surface area contributed by atoms with E-state index >= 15 is 0 Å². The fourth-order valence-corrected chi connectivity index (χ4v) is 2.64. The van der Waals surface area contributed by atoms with Crippen LogP contribution in [-0.4, -0.2) is 20.9 Å². The lowest BCUT2D eigenvalue weighted by atomic mass is 10.0. The van der Waals surface area contributed by atoms with Crippen LogP contribution in [0.3, 0.4) is 0 Å². The van der Waals surface area contributed by atoms with Crippen LogP contribution in [-0.2, 0) is 0 Å². The van der Waals surface area contributed by atoms with Crippen LogP contribution in [0.15, 0.2) is 0 Å². The van der Waals surface area contributed by atoms with Gasteiger partial charge in [-0.2, -0.15) is 4.98 Å². The van der Waals surface area contributed by atoms with Crippen molar-refractivity contribution in [3.05, 3.63) is 15.8 Å². The van der Waals surface area contributed by atoms with Gasteiger partial charge in [0.1, 0.15) is 5.69 Å². The van der Waals surface area contributed by atoms with Gasteiger partial charge in [-0.1, -0.05) is 27.7 Å². The van der Waals surface area contributed by atoms with Gasteiger partial charge in [-0.05, 0) is 17.8 Å². The predicted octanol–water partition coefficient (Wildman–Crippen LogP) is 1.83. The van der Waals surface area contributed by atoms with E-state index in [1.807, 2.05) is 0 Å². The summed E-state index contributed by atoms with van der Waals surface area (Å²) in [5, 5.41) is 14.4. The first kappa shape index (κ1) is 14.4. The molecule has 1 fully saturated rings. The van der Waals surface area contributed by atoms with Gasteiger partial charge >= 0.3 is 5.69 Å². The summed E-state index contributed by atoms with van der Waals surface area (Å²) in [6.45, 7) is 10.0. The van der Waals surface area contributed by atoms with Crippen LogP contribution in [0.5, 0.6) is 0 Å². The Labute approximate surface area is 117 Å². The number of nitrogens with one attached hydrogen (secondary N) is 2. The molecule has 1 aliphatic carbocycles. The minimum absolute atomic E-state index is 0.0377. The van der Waals surface area contributed by atoms with Gasteiger partial charge in [-0.15, -0.1) is 0 Å². The molecule has 0 amide bonds. The van der Waals surface area contributed by atoms with Crippen LogP contribution in [0.4, 0.5) is 17.5 Å². The topological polar surface area (TPSA) is 119 Å². The third-order valence-corrected chi connectivity index (χ3v) is 4.67. The molecule has 0 unspecified atom stereocenters. The lowest BCUT2D eigenvalue weighted by Crippen LogP contribution is -2.17. The fraction of sp³-hybridized carbons (Fsp3) is 0.667. The lowest BCUT2D eigenvalue weighted by Gasteiger charge is -2.10. The Kier molecular flexibility index (Phi) is 3.09. The van der Waals surface area contributed by atoms with Crippen molar-refractivity contribution in [1.29, 1.82) is 0 Å². The molecule has 0 radical (unpaired) electrons. The Bertz CT molecular complexity index is 555. The summed E-state index contributed by atoms with van der Waals surface area (Å²) in [4.78, 5) is 18.8. The molecule has 0 atom stereocenters. The van der Waals surface area contributed by atoms with E-state index in [0.29, 0.717) is 0 Å². The van der Waals surface area contributed by atoms with E-state index < -0.39 is 4.92 Å². The number of hydrogen-bond donors (Lipinski definition) is 3. The molecule has 1 saturated carbocycles. The van der Waals surface area contributed by atoms with Gasteiger partial charge in [0, 0.05) is 6.04 Å². The van der Waals surface area contributed by atoms with Crippen molar-refractivity contribution < 1.29 is 4.92 Å². The average Bonchev–Trinajstić information content (AvgIpc) is 2.70. The summed E-state index contributed by atoms with van der Waals surface area (Å²) in [6, 6.07) is 0.105. The standard InChI is InChI=1S/C12H20N6O2/c1-6-7(18(19)20)8(16-10(14-6)17-13)15-9-11(2,3)12(9,4)5/h9H,13H2,1-5H3,(H2,14,15,16,17). The van der Waals surface area contributed by atoms with E-state index in [2.05, 4.69) is 48.4 Å². The minimum atomic E-state index is -0.472. The maximum absolute atomic E-state index is 11.2. The maximum Gasteiger partial charge on any atom is 0.332 e. The SMILES string of the molecule is Cc1nc(NN)nc(NC2C(C)(C)C2(C)C)c1[N+](=O)[O-]. The molecule has 4 N–H and O–H groups in total. The lowest BCUT2D eigenvalue weighted by molar-refractivity contribution is -0.385. The molecule has 0 aromatic carbocycles. The zero-order valence-corrected chi connectivity index (χ0v) is 12.3. The summed E-state index contributed by atoms with van der Waals surface area (Å²) in [6.07, 6.45) is 0. The van der Waals surface area contributed by atoms with Gasteiger partial charge in [0.25, 0.3) is 0 Å². The normalized spacial score (nSPS) is 19.5. The van der Waals surface area contributed by atoms with Crippen LogP contribution in [0.1, 0.15) is 33.4 Å². The molecule has 0 aliphatic heterocycles.